The molecule has 4 nitrogen and oxygen atoms in total. The van der Waals surface area contributed by atoms with E-state index in [1.54, 1.807) is 24.3 Å². The molecule has 0 unspecified atom stereocenters. The molecule has 108 valence electrons. The lowest BCUT2D eigenvalue weighted by atomic mass is 10.1. The van der Waals surface area contributed by atoms with Crippen molar-refractivity contribution in [3.63, 3.8) is 0 Å². The maximum absolute atomic E-state index is 8.96. The van der Waals surface area contributed by atoms with E-state index in [4.69, 9.17) is 20.5 Å². The van der Waals surface area contributed by atoms with Crippen molar-refractivity contribution in [2.24, 2.45) is 0 Å². The summed E-state index contributed by atoms with van der Waals surface area (Å²) >= 11 is 6.84. The van der Waals surface area contributed by atoms with Crippen molar-refractivity contribution in [3.05, 3.63) is 50.4 Å². The third-order valence-corrected chi connectivity index (χ3v) is 3.97. The van der Waals surface area contributed by atoms with E-state index in [-0.39, 0.29) is 0 Å². The summed E-state index contributed by atoms with van der Waals surface area (Å²) in [6.07, 6.45) is 0. The Morgan fingerprint density at radius 3 is 2.43 bits per heavy atom. The van der Waals surface area contributed by atoms with Gasteiger partial charge in [-0.1, -0.05) is 6.07 Å². The van der Waals surface area contributed by atoms with Gasteiger partial charge in [0.2, 0.25) is 0 Å². The Bertz CT molecular complexity index is 688. The zero-order chi connectivity index (χ0) is 15.4. The third kappa shape index (κ3) is 3.69. The van der Waals surface area contributed by atoms with Crippen LogP contribution in [0.5, 0.6) is 11.5 Å². The van der Waals surface area contributed by atoms with Gasteiger partial charge in [-0.3, -0.25) is 0 Å². The quantitative estimate of drug-likeness (QED) is 0.763. The van der Waals surface area contributed by atoms with Gasteiger partial charge < -0.3 is 15.2 Å². The predicted octanol–water partition coefficient (Wildman–Crippen LogP) is 4.25. The molecule has 2 N–H and O–H groups in total. The maximum Gasteiger partial charge on any atom is 0.148 e. The number of nitrogens with zero attached hydrogens (tertiary/aromatic N) is 1. The summed E-state index contributed by atoms with van der Waals surface area (Å²) in [6, 6.07) is 11.0. The first-order chi connectivity index (χ1) is 10.0. The van der Waals surface area contributed by atoms with Gasteiger partial charge in [-0.05, 0) is 61.7 Å². The van der Waals surface area contributed by atoms with Crippen LogP contribution < -0.4 is 15.2 Å². The van der Waals surface area contributed by atoms with Crippen LogP contribution in [0.15, 0.2) is 39.3 Å². The molecule has 2 rings (SSSR count). The van der Waals surface area contributed by atoms with E-state index in [9.17, 15) is 0 Å². The van der Waals surface area contributed by atoms with Gasteiger partial charge in [0.15, 0.2) is 0 Å². The van der Waals surface area contributed by atoms with Gasteiger partial charge in [0, 0.05) is 5.69 Å². The van der Waals surface area contributed by atoms with Crippen molar-refractivity contribution < 1.29 is 9.47 Å². The van der Waals surface area contributed by atoms with Crippen LogP contribution in [-0.4, -0.2) is 7.11 Å². The normalized spacial score (nSPS) is 10.0. The van der Waals surface area contributed by atoms with E-state index in [1.807, 2.05) is 6.07 Å². The standard InChI is InChI=1S/C15H12Br2N2O2/c1-20-14-4-9(2-3-10(14)7-18)8-21-15-12(16)5-11(19)6-13(15)17/h2-6H,8,19H2,1H3. The van der Waals surface area contributed by atoms with Gasteiger partial charge >= 0.3 is 0 Å². The number of hydrogen-bond acceptors (Lipinski definition) is 4. The Balaban J connectivity index is 2.19. The second-order valence-electron chi connectivity index (χ2n) is 4.25. The van der Waals surface area contributed by atoms with Crippen molar-refractivity contribution in [2.45, 2.75) is 6.61 Å². The van der Waals surface area contributed by atoms with Gasteiger partial charge in [-0.25, -0.2) is 0 Å². The van der Waals surface area contributed by atoms with Gasteiger partial charge in [0.05, 0.1) is 21.6 Å². The molecular weight excluding hydrogens is 400 g/mol. The predicted molar refractivity (Wildman–Crippen MR) is 88.3 cm³/mol. The van der Waals surface area contributed by atoms with Crippen molar-refractivity contribution in [1.82, 2.24) is 0 Å². The lowest BCUT2D eigenvalue weighted by Crippen LogP contribution is -1.99. The topological polar surface area (TPSA) is 68.3 Å². The smallest absolute Gasteiger partial charge is 0.148 e. The summed E-state index contributed by atoms with van der Waals surface area (Å²) in [4.78, 5) is 0. The van der Waals surface area contributed by atoms with Gasteiger partial charge in [0.1, 0.15) is 24.2 Å². The minimum absolute atomic E-state index is 0.350. The number of anilines is 1. The first-order valence-corrected chi connectivity index (χ1v) is 7.58. The van der Waals surface area contributed by atoms with Crippen LogP contribution >= 0.6 is 31.9 Å². The molecule has 0 amide bonds. The van der Waals surface area contributed by atoms with E-state index < -0.39 is 0 Å². The molecule has 6 heteroatoms. The monoisotopic (exact) mass is 410 g/mol. The van der Waals surface area contributed by atoms with Crippen LogP contribution in [0.25, 0.3) is 0 Å². The molecule has 0 spiro atoms. The molecule has 0 radical (unpaired) electrons. The lowest BCUT2D eigenvalue weighted by molar-refractivity contribution is 0.301. The van der Waals surface area contributed by atoms with Gasteiger partial charge in [0.25, 0.3) is 0 Å². The van der Waals surface area contributed by atoms with Crippen molar-refractivity contribution in [1.29, 1.82) is 5.26 Å². The molecule has 0 aromatic heterocycles. The minimum Gasteiger partial charge on any atom is -0.495 e. The molecule has 2 aromatic carbocycles. The lowest BCUT2D eigenvalue weighted by Gasteiger charge is -2.12. The summed E-state index contributed by atoms with van der Waals surface area (Å²) in [5, 5.41) is 8.96. The number of hydrogen-bond donors (Lipinski definition) is 1. The zero-order valence-electron chi connectivity index (χ0n) is 11.2. The van der Waals surface area contributed by atoms with Crippen LogP contribution in [0.4, 0.5) is 5.69 Å². The summed E-state index contributed by atoms with van der Waals surface area (Å²) in [5.41, 5.74) is 7.78. The molecule has 21 heavy (non-hydrogen) atoms. The zero-order valence-corrected chi connectivity index (χ0v) is 14.4. The van der Waals surface area contributed by atoms with E-state index in [1.165, 1.54) is 7.11 Å². The average Bonchev–Trinajstić information content (AvgIpc) is 2.45. The molecule has 0 saturated carbocycles. The molecule has 0 atom stereocenters. The number of halogens is 2. The summed E-state index contributed by atoms with van der Waals surface area (Å²) < 4.78 is 12.5. The molecule has 0 aliphatic rings. The highest BCUT2D eigenvalue weighted by Gasteiger charge is 2.09. The van der Waals surface area contributed by atoms with Crippen LogP contribution in [0.1, 0.15) is 11.1 Å². The first-order valence-electron chi connectivity index (χ1n) is 5.99. The average molecular weight is 412 g/mol. The Hall–Kier alpha value is -1.71. The Morgan fingerprint density at radius 1 is 1.19 bits per heavy atom. The molecule has 0 saturated heterocycles. The fourth-order valence-electron chi connectivity index (χ4n) is 1.79. The number of nitrogens with two attached hydrogens (primary N) is 1. The van der Waals surface area contributed by atoms with Gasteiger partial charge in [-0.15, -0.1) is 0 Å². The SMILES string of the molecule is COc1cc(COc2c(Br)cc(N)cc2Br)ccc1C#N. The molecule has 0 bridgehead atoms. The van der Waals surface area contributed by atoms with E-state index in [0.717, 1.165) is 14.5 Å². The van der Waals surface area contributed by atoms with Gasteiger partial charge in [-0.2, -0.15) is 5.26 Å². The number of nitriles is 1. The van der Waals surface area contributed by atoms with E-state index >= 15 is 0 Å². The first kappa shape index (κ1) is 15.7. The largest absolute Gasteiger partial charge is 0.495 e. The van der Waals surface area contributed by atoms with Crippen molar-refractivity contribution in [3.8, 4) is 17.6 Å². The minimum atomic E-state index is 0.350. The maximum atomic E-state index is 8.96. The highest BCUT2D eigenvalue weighted by Crippen LogP contribution is 2.36. The number of nitrogen functional groups attached to an aromatic ring is 1. The highest BCUT2D eigenvalue weighted by atomic mass is 79.9. The molecule has 0 aliphatic carbocycles. The molecule has 0 heterocycles. The Morgan fingerprint density at radius 2 is 1.86 bits per heavy atom. The molecular formula is C15H12Br2N2O2. The van der Waals surface area contributed by atoms with Crippen molar-refractivity contribution in [2.75, 3.05) is 12.8 Å². The summed E-state index contributed by atoms with van der Waals surface area (Å²) in [6.45, 7) is 0.350. The summed E-state index contributed by atoms with van der Waals surface area (Å²) in [7, 11) is 1.54. The Kier molecular flexibility index (Phi) is 5.10. The number of methoxy groups -OCH3 is 1. The Labute approximate surface area is 139 Å². The van der Waals surface area contributed by atoms with Crippen LogP contribution in [-0.2, 0) is 6.61 Å². The number of rotatable bonds is 4. The second kappa shape index (κ2) is 6.83. The molecule has 0 aliphatic heterocycles. The van der Waals surface area contributed by atoms with Crippen LogP contribution in [0, 0.1) is 11.3 Å². The fraction of sp³-hybridized carbons (Fsp3) is 0.133. The molecule has 0 fully saturated rings. The summed E-state index contributed by atoms with van der Waals surface area (Å²) in [5.74, 6) is 1.21. The second-order valence-corrected chi connectivity index (χ2v) is 5.96. The van der Waals surface area contributed by atoms with Crippen LogP contribution in [0.2, 0.25) is 0 Å². The third-order valence-electron chi connectivity index (χ3n) is 2.79. The van der Waals surface area contributed by atoms with E-state index in [0.29, 0.717) is 29.4 Å². The fourth-order valence-corrected chi connectivity index (χ4v) is 3.24. The highest BCUT2D eigenvalue weighted by molar-refractivity contribution is 9.11. The van der Waals surface area contributed by atoms with Crippen LogP contribution in [0.3, 0.4) is 0 Å². The van der Waals surface area contributed by atoms with Crippen molar-refractivity contribution >= 4 is 37.5 Å². The molecule has 2 aromatic rings. The van der Waals surface area contributed by atoms with E-state index in [2.05, 4.69) is 37.9 Å². The number of benzene rings is 2. The number of ether oxygens (including phenoxy) is 2.